The lowest BCUT2D eigenvalue weighted by Crippen LogP contribution is -2.18. The first-order valence-electron chi connectivity index (χ1n) is 12.6. The molecule has 0 atom stereocenters. The lowest BCUT2D eigenvalue weighted by atomic mass is 9.92. The van der Waals surface area contributed by atoms with Crippen molar-refractivity contribution in [1.82, 2.24) is 14.5 Å². The number of aryl methyl sites for hydroxylation is 1. The third-order valence-electron chi connectivity index (χ3n) is 6.62. The molecule has 188 valence electrons. The van der Waals surface area contributed by atoms with Crippen LogP contribution in [-0.2, 0) is 11.2 Å². The van der Waals surface area contributed by atoms with Crippen molar-refractivity contribution >= 4 is 28.4 Å². The number of H-pyrrole nitrogens is 1. The van der Waals surface area contributed by atoms with E-state index in [1.807, 2.05) is 50.4 Å². The number of anilines is 2. The number of benzene rings is 2. The summed E-state index contributed by atoms with van der Waals surface area (Å²) in [6.45, 7) is 4.27. The minimum absolute atomic E-state index is 0.174. The van der Waals surface area contributed by atoms with Gasteiger partial charge in [-0.25, -0.2) is 9.78 Å². The Labute approximate surface area is 210 Å². The van der Waals surface area contributed by atoms with E-state index in [4.69, 9.17) is 15.2 Å². The van der Waals surface area contributed by atoms with Crippen LogP contribution >= 0.6 is 0 Å². The molecular weight excluding hydrogens is 454 g/mol. The van der Waals surface area contributed by atoms with Crippen LogP contribution in [0.15, 0.2) is 55.0 Å². The number of nitrogens with two attached hydrogens (primary N) is 1. The molecule has 4 N–H and O–H groups in total. The number of carbonyl (C=O) groups excluding carboxylic acids is 1. The quantitative estimate of drug-likeness (QED) is 0.240. The fraction of sp³-hybridized carbons (Fsp3) is 0.357. The molecule has 8 nitrogen and oxygen atoms in total. The van der Waals surface area contributed by atoms with E-state index < -0.39 is 6.09 Å². The van der Waals surface area contributed by atoms with Crippen molar-refractivity contribution in [2.75, 3.05) is 17.7 Å². The van der Waals surface area contributed by atoms with Crippen molar-refractivity contribution in [2.24, 2.45) is 0 Å². The summed E-state index contributed by atoms with van der Waals surface area (Å²) >= 11 is 0. The molecular formula is C28H33N5O3. The van der Waals surface area contributed by atoms with E-state index >= 15 is 0 Å². The molecule has 0 aliphatic heterocycles. The van der Waals surface area contributed by atoms with E-state index in [1.165, 1.54) is 6.42 Å². The second-order valence-corrected chi connectivity index (χ2v) is 9.58. The molecule has 0 unspecified atom stereocenters. The number of carbonyl (C=O) groups is 1. The first kappa shape index (κ1) is 23.8. The highest BCUT2D eigenvalue weighted by atomic mass is 16.6. The van der Waals surface area contributed by atoms with Gasteiger partial charge in [0.25, 0.3) is 0 Å². The second kappa shape index (κ2) is 10.4. The van der Waals surface area contributed by atoms with Gasteiger partial charge in [-0.1, -0.05) is 12.1 Å². The molecule has 1 aliphatic carbocycles. The zero-order chi connectivity index (χ0) is 25.1. The standard InChI is InChI=1S/C28H33N5O3/c1-18(2)36-28(34)32-20-10-8-19(9-11-20)27-26(29)24-13-12-23(15-25(24)33(27)22-6-3-7-22)35-14-4-5-21-16-30-17-31-21/h8-13,15-18,22H,3-7,14,29H2,1-2H3,(H,30,31)(H,32,34). The van der Waals surface area contributed by atoms with E-state index in [0.717, 1.165) is 65.0 Å². The summed E-state index contributed by atoms with van der Waals surface area (Å²) in [5, 5.41) is 3.80. The summed E-state index contributed by atoms with van der Waals surface area (Å²) < 4.78 is 13.6. The second-order valence-electron chi connectivity index (χ2n) is 9.58. The van der Waals surface area contributed by atoms with Crippen LogP contribution in [0.1, 0.15) is 51.3 Å². The molecule has 0 saturated heterocycles. The molecule has 0 spiro atoms. The van der Waals surface area contributed by atoms with Gasteiger partial charge in [-0.15, -0.1) is 0 Å². The zero-order valence-corrected chi connectivity index (χ0v) is 20.8. The number of hydrogen-bond donors (Lipinski definition) is 3. The molecule has 1 amide bonds. The van der Waals surface area contributed by atoms with Crippen LogP contribution in [0.4, 0.5) is 16.2 Å². The largest absolute Gasteiger partial charge is 0.494 e. The number of amides is 1. The van der Waals surface area contributed by atoms with E-state index in [-0.39, 0.29) is 6.10 Å². The van der Waals surface area contributed by atoms with E-state index in [1.54, 1.807) is 6.33 Å². The third-order valence-corrected chi connectivity index (χ3v) is 6.62. The van der Waals surface area contributed by atoms with Crippen molar-refractivity contribution in [2.45, 2.75) is 58.1 Å². The Balaban J connectivity index is 1.39. The van der Waals surface area contributed by atoms with Gasteiger partial charge >= 0.3 is 6.09 Å². The van der Waals surface area contributed by atoms with Gasteiger partial charge in [0.05, 0.1) is 35.9 Å². The Morgan fingerprint density at radius 1 is 1.22 bits per heavy atom. The van der Waals surface area contributed by atoms with Crippen molar-refractivity contribution in [3.05, 3.63) is 60.7 Å². The Kier molecular flexibility index (Phi) is 6.84. The number of nitrogens with one attached hydrogen (secondary N) is 2. The maximum absolute atomic E-state index is 12.0. The summed E-state index contributed by atoms with van der Waals surface area (Å²) in [4.78, 5) is 19.1. The van der Waals surface area contributed by atoms with Crippen molar-refractivity contribution < 1.29 is 14.3 Å². The number of aromatic amines is 1. The third kappa shape index (κ3) is 5.03. The van der Waals surface area contributed by atoms with Crippen LogP contribution < -0.4 is 15.8 Å². The minimum Gasteiger partial charge on any atom is -0.494 e. The van der Waals surface area contributed by atoms with Crippen LogP contribution in [0, 0.1) is 0 Å². The first-order chi connectivity index (χ1) is 17.5. The molecule has 2 aromatic heterocycles. The molecule has 5 rings (SSSR count). The molecule has 1 fully saturated rings. The number of nitrogen functional groups attached to an aromatic ring is 1. The Morgan fingerprint density at radius 2 is 2.03 bits per heavy atom. The number of nitrogens with zero attached hydrogens (tertiary/aromatic N) is 2. The van der Waals surface area contributed by atoms with Crippen LogP contribution in [-0.4, -0.2) is 33.3 Å². The summed E-state index contributed by atoms with van der Waals surface area (Å²) in [5.74, 6) is 0.847. The predicted octanol–water partition coefficient (Wildman–Crippen LogP) is 6.31. The average Bonchev–Trinajstić information content (AvgIpc) is 3.43. The highest BCUT2D eigenvalue weighted by molar-refractivity contribution is 6.01. The Morgan fingerprint density at radius 3 is 2.69 bits per heavy atom. The van der Waals surface area contributed by atoms with Gasteiger partial charge in [0.2, 0.25) is 0 Å². The SMILES string of the molecule is CC(C)OC(=O)Nc1ccc(-c2c(N)c3ccc(OCCCc4cnc[nH]4)cc3n2C2CCC2)cc1. The lowest BCUT2D eigenvalue weighted by molar-refractivity contribution is 0.130. The van der Waals surface area contributed by atoms with E-state index in [0.29, 0.717) is 18.3 Å². The number of hydrogen-bond acceptors (Lipinski definition) is 5. The number of fused-ring (bicyclic) bond motifs is 1. The minimum atomic E-state index is -0.460. The molecule has 2 heterocycles. The van der Waals surface area contributed by atoms with E-state index in [2.05, 4.69) is 32.0 Å². The van der Waals surface area contributed by atoms with Crippen molar-refractivity contribution in [1.29, 1.82) is 0 Å². The van der Waals surface area contributed by atoms with Crippen molar-refractivity contribution in [3.63, 3.8) is 0 Å². The monoisotopic (exact) mass is 487 g/mol. The molecule has 1 saturated carbocycles. The molecule has 8 heteroatoms. The number of imidazole rings is 1. The summed E-state index contributed by atoms with van der Waals surface area (Å²) in [6.07, 6.45) is 8.20. The van der Waals surface area contributed by atoms with Gasteiger partial charge in [-0.05, 0) is 70.2 Å². The maximum atomic E-state index is 12.0. The topological polar surface area (TPSA) is 107 Å². The van der Waals surface area contributed by atoms with E-state index in [9.17, 15) is 4.79 Å². The average molecular weight is 488 g/mol. The van der Waals surface area contributed by atoms with Gasteiger partial charge in [-0.3, -0.25) is 5.32 Å². The Hall–Kier alpha value is -3.94. The summed E-state index contributed by atoms with van der Waals surface area (Å²) in [7, 11) is 0. The zero-order valence-electron chi connectivity index (χ0n) is 20.8. The van der Waals surface area contributed by atoms with Gasteiger partial charge in [0.15, 0.2) is 0 Å². The molecule has 0 radical (unpaired) electrons. The normalized spacial score (nSPS) is 13.6. The molecule has 36 heavy (non-hydrogen) atoms. The summed E-state index contributed by atoms with van der Waals surface area (Å²) in [5.41, 5.74) is 12.4. The maximum Gasteiger partial charge on any atom is 0.411 e. The van der Waals surface area contributed by atoms with Gasteiger partial charge in [0, 0.05) is 40.6 Å². The van der Waals surface area contributed by atoms with Crippen molar-refractivity contribution in [3.8, 4) is 17.0 Å². The van der Waals surface area contributed by atoms with Crippen LogP contribution in [0.5, 0.6) is 5.75 Å². The fourth-order valence-corrected chi connectivity index (χ4v) is 4.67. The predicted molar refractivity (Wildman–Crippen MR) is 142 cm³/mol. The molecule has 1 aliphatic rings. The highest BCUT2D eigenvalue weighted by Gasteiger charge is 2.27. The lowest BCUT2D eigenvalue weighted by Gasteiger charge is -2.30. The summed E-state index contributed by atoms with van der Waals surface area (Å²) in [6, 6.07) is 14.3. The van der Waals surface area contributed by atoms with Gasteiger partial charge < -0.3 is 24.8 Å². The number of rotatable bonds is 9. The smallest absolute Gasteiger partial charge is 0.411 e. The van der Waals surface area contributed by atoms with Crippen LogP contribution in [0.2, 0.25) is 0 Å². The molecule has 0 bridgehead atoms. The number of aromatic nitrogens is 3. The molecule has 2 aromatic carbocycles. The van der Waals surface area contributed by atoms with Crippen LogP contribution in [0.3, 0.4) is 0 Å². The fourth-order valence-electron chi connectivity index (χ4n) is 4.67. The van der Waals surface area contributed by atoms with Crippen LogP contribution in [0.25, 0.3) is 22.2 Å². The van der Waals surface area contributed by atoms with Gasteiger partial charge in [0.1, 0.15) is 5.75 Å². The number of ether oxygens (including phenoxy) is 2. The van der Waals surface area contributed by atoms with Gasteiger partial charge in [-0.2, -0.15) is 0 Å². The molecule has 4 aromatic rings. The first-order valence-corrected chi connectivity index (χ1v) is 12.6. The Bertz CT molecular complexity index is 1320. The highest BCUT2D eigenvalue weighted by Crippen LogP contribution is 2.44.